The number of benzene rings is 1. The zero-order valence-electron chi connectivity index (χ0n) is 13.0. The van der Waals surface area contributed by atoms with Crippen LogP contribution in [0.15, 0.2) is 36.7 Å². The van der Waals surface area contributed by atoms with E-state index in [0.29, 0.717) is 23.3 Å². The molecular formula is C17H22N4O. The molecule has 1 aromatic carbocycles. The summed E-state index contributed by atoms with van der Waals surface area (Å²) in [6.45, 7) is 4.99. The second kappa shape index (κ2) is 5.83. The van der Waals surface area contributed by atoms with Crippen LogP contribution in [0, 0.1) is 0 Å². The predicted molar refractivity (Wildman–Crippen MR) is 88.1 cm³/mol. The number of ether oxygens (including phenoxy) is 1. The molecule has 1 atom stereocenters. The number of nitrogens with two attached hydrogens (primary N) is 1. The number of hydrogen-bond donors (Lipinski definition) is 2. The third kappa shape index (κ3) is 3.30. The SMILES string of the molecule is CC(CNc1ncnc(OC2(C)CC2)c1N)c1ccccc1. The standard InChI is InChI=1S/C17H22N4O/c1-12(13-6-4-3-5-7-13)10-19-15-14(18)16(21-11-20-15)22-17(2)8-9-17/h3-7,11-12H,8-10,18H2,1-2H3,(H,19,20,21). The van der Waals surface area contributed by atoms with Crippen LogP contribution in [0.3, 0.4) is 0 Å². The molecule has 0 bridgehead atoms. The molecule has 5 heteroatoms. The minimum Gasteiger partial charge on any atom is -0.470 e. The van der Waals surface area contributed by atoms with E-state index >= 15 is 0 Å². The summed E-state index contributed by atoms with van der Waals surface area (Å²) >= 11 is 0. The van der Waals surface area contributed by atoms with Gasteiger partial charge in [0.25, 0.3) is 0 Å². The molecule has 1 heterocycles. The summed E-state index contributed by atoms with van der Waals surface area (Å²) in [4.78, 5) is 8.38. The summed E-state index contributed by atoms with van der Waals surface area (Å²) in [6.07, 6.45) is 3.58. The quantitative estimate of drug-likeness (QED) is 0.856. The van der Waals surface area contributed by atoms with Crippen molar-refractivity contribution in [1.29, 1.82) is 0 Å². The molecule has 1 aliphatic rings. The first-order chi connectivity index (χ1) is 10.6. The lowest BCUT2D eigenvalue weighted by molar-refractivity contribution is 0.193. The fourth-order valence-electron chi connectivity index (χ4n) is 2.26. The molecule has 3 rings (SSSR count). The van der Waals surface area contributed by atoms with E-state index in [1.165, 1.54) is 11.9 Å². The van der Waals surface area contributed by atoms with Crippen molar-refractivity contribution in [3.8, 4) is 5.88 Å². The third-order valence-corrected chi connectivity index (χ3v) is 4.09. The number of nitrogens with one attached hydrogen (secondary N) is 1. The van der Waals surface area contributed by atoms with Gasteiger partial charge in [-0.15, -0.1) is 0 Å². The van der Waals surface area contributed by atoms with Gasteiger partial charge in [-0.25, -0.2) is 4.98 Å². The van der Waals surface area contributed by atoms with E-state index in [-0.39, 0.29) is 5.60 Å². The Morgan fingerprint density at radius 3 is 2.68 bits per heavy atom. The van der Waals surface area contributed by atoms with Gasteiger partial charge >= 0.3 is 0 Å². The van der Waals surface area contributed by atoms with Gasteiger partial charge in [-0.05, 0) is 31.2 Å². The molecule has 0 spiro atoms. The van der Waals surface area contributed by atoms with Crippen LogP contribution in [0.1, 0.15) is 38.2 Å². The number of rotatable bonds is 6. The topological polar surface area (TPSA) is 73.1 Å². The highest BCUT2D eigenvalue weighted by Crippen LogP contribution is 2.41. The highest BCUT2D eigenvalue weighted by atomic mass is 16.5. The number of aromatic nitrogens is 2. The summed E-state index contributed by atoms with van der Waals surface area (Å²) in [6, 6.07) is 10.4. The normalized spacial score (nSPS) is 16.8. The predicted octanol–water partition coefficient (Wildman–Crippen LogP) is 3.21. The van der Waals surface area contributed by atoms with Crippen molar-refractivity contribution in [3.05, 3.63) is 42.2 Å². The van der Waals surface area contributed by atoms with Crippen molar-refractivity contribution in [3.63, 3.8) is 0 Å². The average Bonchev–Trinajstić information content (AvgIpc) is 3.26. The summed E-state index contributed by atoms with van der Waals surface area (Å²) in [5, 5.41) is 3.30. The molecule has 1 unspecified atom stereocenters. The van der Waals surface area contributed by atoms with E-state index < -0.39 is 0 Å². The average molecular weight is 298 g/mol. The van der Waals surface area contributed by atoms with Gasteiger partial charge in [-0.1, -0.05) is 37.3 Å². The van der Waals surface area contributed by atoms with Gasteiger partial charge in [-0.3, -0.25) is 0 Å². The fourth-order valence-corrected chi connectivity index (χ4v) is 2.26. The van der Waals surface area contributed by atoms with E-state index in [2.05, 4.69) is 41.3 Å². The maximum Gasteiger partial charge on any atom is 0.243 e. The minimum absolute atomic E-state index is 0.100. The minimum atomic E-state index is -0.100. The highest BCUT2D eigenvalue weighted by Gasteiger charge is 2.41. The van der Waals surface area contributed by atoms with Crippen molar-refractivity contribution in [2.75, 3.05) is 17.6 Å². The Bertz CT molecular complexity index is 640. The van der Waals surface area contributed by atoms with Crippen molar-refractivity contribution in [2.45, 2.75) is 38.2 Å². The Labute approximate surface area is 130 Å². The molecule has 22 heavy (non-hydrogen) atoms. The summed E-state index contributed by atoms with van der Waals surface area (Å²) in [7, 11) is 0. The van der Waals surface area contributed by atoms with Gasteiger partial charge in [0.1, 0.15) is 17.6 Å². The van der Waals surface area contributed by atoms with Crippen LogP contribution >= 0.6 is 0 Å². The van der Waals surface area contributed by atoms with Crippen molar-refractivity contribution < 1.29 is 4.74 Å². The number of hydrogen-bond acceptors (Lipinski definition) is 5. The molecular weight excluding hydrogens is 276 g/mol. The molecule has 0 aliphatic heterocycles. The van der Waals surface area contributed by atoms with Crippen LogP contribution in [0.4, 0.5) is 11.5 Å². The van der Waals surface area contributed by atoms with Gasteiger partial charge in [0.2, 0.25) is 5.88 Å². The highest BCUT2D eigenvalue weighted by molar-refractivity contribution is 5.66. The Hall–Kier alpha value is -2.30. The Balaban J connectivity index is 1.66. The summed E-state index contributed by atoms with van der Waals surface area (Å²) in [5.41, 5.74) is 7.79. The zero-order valence-corrected chi connectivity index (χ0v) is 13.0. The van der Waals surface area contributed by atoms with Gasteiger partial charge in [0.05, 0.1) is 0 Å². The van der Waals surface area contributed by atoms with Crippen molar-refractivity contribution >= 4 is 11.5 Å². The van der Waals surface area contributed by atoms with Crippen LogP contribution in [0.2, 0.25) is 0 Å². The molecule has 116 valence electrons. The maximum atomic E-state index is 6.13. The summed E-state index contributed by atoms with van der Waals surface area (Å²) in [5.74, 6) is 1.47. The Kier molecular flexibility index (Phi) is 3.88. The number of nitrogen functional groups attached to an aromatic ring is 1. The molecule has 0 amide bonds. The molecule has 0 radical (unpaired) electrons. The van der Waals surface area contributed by atoms with E-state index in [1.54, 1.807) is 0 Å². The third-order valence-electron chi connectivity index (χ3n) is 4.09. The number of anilines is 2. The molecule has 1 aliphatic carbocycles. The number of nitrogens with zero attached hydrogens (tertiary/aromatic N) is 2. The van der Waals surface area contributed by atoms with Crippen molar-refractivity contribution in [1.82, 2.24) is 9.97 Å². The molecule has 2 aromatic rings. The fraction of sp³-hybridized carbons (Fsp3) is 0.412. The second-order valence-electron chi connectivity index (χ2n) is 6.19. The molecule has 3 N–H and O–H groups in total. The largest absolute Gasteiger partial charge is 0.470 e. The van der Waals surface area contributed by atoms with Gasteiger partial charge in [0.15, 0.2) is 5.82 Å². The van der Waals surface area contributed by atoms with Gasteiger partial charge in [0, 0.05) is 6.54 Å². The van der Waals surface area contributed by atoms with E-state index in [9.17, 15) is 0 Å². The summed E-state index contributed by atoms with van der Waals surface area (Å²) < 4.78 is 5.86. The molecule has 0 saturated heterocycles. The van der Waals surface area contributed by atoms with Crippen molar-refractivity contribution in [2.24, 2.45) is 0 Å². The van der Waals surface area contributed by atoms with Crippen LogP contribution < -0.4 is 15.8 Å². The van der Waals surface area contributed by atoms with E-state index in [1.807, 2.05) is 18.2 Å². The molecule has 1 aromatic heterocycles. The molecule has 5 nitrogen and oxygen atoms in total. The van der Waals surface area contributed by atoms with Gasteiger partial charge < -0.3 is 15.8 Å². The second-order valence-corrected chi connectivity index (χ2v) is 6.19. The monoisotopic (exact) mass is 298 g/mol. The smallest absolute Gasteiger partial charge is 0.243 e. The van der Waals surface area contributed by atoms with E-state index in [4.69, 9.17) is 10.5 Å². The Morgan fingerprint density at radius 2 is 2.00 bits per heavy atom. The van der Waals surface area contributed by atoms with Crippen LogP contribution in [0.5, 0.6) is 5.88 Å². The Morgan fingerprint density at radius 1 is 1.27 bits per heavy atom. The van der Waals surface area contributed by atoms with Gasteiger partial charge in [-0.2, -0.15) is 4.98 Å². The van der Waals surface area contributed by atoms with E-state index in [0.717, 1.165) is 19.4 Å². The first kappa shape index (κ1) is 14.6. The maximum absolute atomic E-state index is 6.13. The lowest BCUT2D eigenvalue weighted by Gasteiger charge is -2.17. The van der Waals surface area contributed by atoms with Crippen LogP contribution in [-0.4, -0.2) is 22.1 Å². The first-order valence-electron chi connectivity index (χ1n) is 7.66. The van der Waals surface area contributed by atoms with Crippen LogP contribution in [-0.2, 0) is 0 Å². The molecule has 1 saturated carbocycles. The van der Waals surface area contributed by atoms with Crippen LogP contribution in [0.25, 0.3) is 0 Å². The lowest BCUT2D eigenvalue weighted by Crippen LogP contribution is -2.17. The first-order valence-corrected chi connectivity index (χ1v) is 7.66. The lowest BCUT2D eigenvalue weighted by atomic mass is 10.0. The zero-order chi connectivity index (χ0) is 15.6. The molecule has 1 fully saturated rings.